The number of nitrogens with one attached hydrogen (secondary N) is 1. The molecule has 1 heterocycles. The molecule has 0 saturated heterocycles. The first-order chi connectivity index (χ1) is 8.56. The van der Waals surface area contributed by atoms with Gasteiger partial charge in [0.25, 0.3) is 0 Å². The monoisotopic (exact) mass is 250 g/mol. The highest BCUT2D eigenvalue weighted by molar-refractivity contribution is 5.48. The Bertz CT molecular complexity index is 365. The largest absolute Gasteiger partial charge is 0.370 e. The Labute approximate surface area is 111 Å². The van der Waals surface area contributed by atoms with Crippen molar-refractivity contribution >= 4 is 11.6 Å². The van der Waals surface area contributed by atoms with Gasteiger partial charge in [0, 0.05) is 26.2 Å². The van der Waals surface area contributed by atoms with Crippen LogP contribution in [-0.2, 0) is 0 Å². The van der Waals surface area contributed by atoms with E-state index in [-0.39, 0.29) is 0 Å². The molecule has 0 radical (unpaired) electrons. The number of aromatic nitrogens is 2. The Kier molecular flexibility index (Phi) is 5.89. The Morgan fingerprint density at radius 1 is 1.33 bits per heavy atom. The zero-order valence-electron chi connectivity index (χ0n) is 12.3. The van der Waals surface area contributed by atoms with Crippen LogP contribution in [-0.4, -0.2) is 30.1 Å². The molecule has 1 rings (SSSR count). The normalized spacial score (nSPS) is 12.3. The van der Waals surface area contributed by atoms with E-state index < -0.39 is 0 Å². The maximum Gasteiger partial charge on any atom is 0.134 e. The summed E-state index contributed by atoms with van der Waals surface area (Å²) >= 11 is 0. The maximum atomic E-state index is 4.50. The van der Waals surface area contributed by atoms with E-state index in [2.05, 4.69) is 48.0 Å². The molecular weight excluding hydrogens is 224 g/mol. The predicted octanol–water partition coefficient (Wildman–Crippen LogP) is 3.09. The Morgan fingerprint density at radius 3 is 2.67 bits per heavy atom. The molecule has 0 aliphatic carbocycles. The first-order valence-corrected chi connectivity index (χ1v) is 6.87. The lowest BCUT2D eigenvalue weighted by Crippen LogP contribution is -2.25. The molecule has 1 unspecified atom stereocenters. The summed E-state index contributed by atoms with van der Waals surface area (Å²) in [5, 5.41) is 3.32. The summed E-state index contributed by atoms with van der Waals surface area (Å²) in [6.45, 7) is 10.6. The molecule has 4 nitrogen and oxygen atoms in total. The number of nitrogens with zero attached hydrogens (tertiary/aromatic N) is 3. The lowest BCUT2D eigenvalue weighted by molar-refractivity contribution is 0.557. The quantitative estimate of drug-likeness (QED) is 0.807. The van der Waals surface area contributed by atoms with E-state index in [0.717, 1.165) is 37.0 Å². The summed E-state index contributed by atoms with van der Waals surface area (Å²) in [5.74, 6) is 3.43. The van der Waals surface area contributed by atoms with Crippen molar-refractivity contribution in [2.24, 2.45) is 5.92 Å². The van der Waals surface area contributed by atoms with Gasteiger partial charge in [-0.25, -0.2) is 9.97 Å². The summed E-state index contributed by atoms with van der Waals surface area (Å²) in [6, 6.07) is 2.03. The number of hydrogen-bond acceptors (Lipinski definition) is 4. The van der Waals surface area contributed by atoms with E-state index in [1.54, 1.807) is 0 Å². The molecule has 0 saturated carbocycles. The predicted molar refractivity (Wildman–Crippen MR) is 78.3 cm³/mol. The van der Waals surface area contributed by atoms with Crippen molar-refractivity contribution in [3.05, 3.63) is 11.9 Å². The van der Waals surface area contributed by atoms with Gasteiger partial charge in [-0.1, -0.05) is 27.2 Å². The average molecular weight is 250 g/mol. The molecule has 0 fully saturated rings. The Morgan fingerprint density at radius 2 is 2.06 bits per heavy atom. The molecule has 1 aromatic rings. The number of aryl methyl sites for hydroxylation is 1. The minimum Gasteiger partial charge on any atom is -0.370 e. The standard InChI is InChI=1S/C14H26N4/c1-6-8-15-13-9-14(17-12(4)16-13)18(5)10-11(3)7-2/h9,11H,6-8,10H2,1-5H3,(H,15,16,17). The molecular formula is C14H26N4. The van der Waals surface area contributed by atoms with Crippen LogP contribution < -0.4 is 10.2 Å². The molecule has 1 atom stereocenters. The molecule has 0 spiro atoms. The van der Waals surface area contributed by atoms with Crippen LogP contribution in [0.5, 0.6) is 0 Å². The van der Waals surface area contributed by atoms with Crippen LogP contribution in [0.2, 0.25) is 0 Å². The summed E-state index contributed by atoms with van der Waals surface area (Å²) in [7, 11) is 2.09. The fourth-order valence-corrected chi connectivity index (χ4v) is 1.78. The van der Waals surface area contributed by atoms with Gasteiger partial charge in [0.15, 0.2) is 0 Å². The van der Waals surface area contributed by atoms with Gasteiger partial charge in [0.2, 0.25) is 0 Å². The third kappa shape index (κ3) is 4.51. The molecule has 1 aromatic heterocycles. The fourth-order valence-electron chi connectivity index (χ4n) is 1.78. The molecule has 4 heteroatoms. The molecule has 0 aliphatic heterocycles. The van der Waals surface area contributed by atoms with Gasteiger partial charge in [0.05, 0.1) is 0 Å². The molecule has 0 amide bonds. The first-order valence-electron chi connectivity index (χ1n) is 6.87. The topological polar surface area (TPSA) is 41.0 Å². The van der Waals surface area contributed by atoms with Gasteiger partial charge in [-0.15, -0.1) is 0 Å². The van der Waals surface area contributed by atoms with Crippen molar-refractivity contribution < 1.29 is 0 Å². The lowest BCUT2D eigenvalue weighted by Gasteiger charge is -2.22. The van der Waals surface area contributed by atoms with Crippen LogP contribution in [0.25, 0.3) is 0 Å². The summed E-state index contributed by atoms with van der Waals surface area (Å²) < 4.78 is 0. The molecule has 18 heavy (non-hydrogen) atoms. The second-order valence-electron chi connectivity index (χ2n) is 4.98. The van der Waals surface area contributed by atoms with Crippen LogP contribution >= 0.6 is 0 Å². The highest BCUT2D eigenvalue weighted by Crippen LogP contribution is 2.16. The van der Waals surface area contributed by atoms with Crippen molar-refractivity contribution in [3.8, 4) is 0 Å². The van der Waals surface area contributed by atoms with E-state index in [4.69, 9.17) is 0 Å². The fraction of sp³-hybridized carbons (Fsp3) is 0.714. The van der Waals surface area contributed by atoms with Crippen molar-refractivity contribution in [2.45, 2.75) is 40.5 Å². The third-order valence-electron chi connectivity index (χ3n) is 3.05. The second kappa shape index (κ2) is 7.19. The minimum atomic E-state index is 0.678. The van der Waals surface area contributed by atoms with Gasteiger partial charge >= 0.3 is 0 Å². The van der Waals surface area contributed by atoms with E-state index in [9.17, 15) is 0 Å². The third-order valence-corrected chi connectivity index (χ3v) is 3.05. The molecule has 0 bridgehead atoms. The van der Waals surface area contributed by atoms with Crippen molar-refractivity contribution in [2.75, 3.05) is 30.4 Å². The smallest absolute Gasteiger partial charge is 0.134 e. The Hall–Kier alpha value is -1.32. The summed E-state index contributed by atoms with van der Waals surface area (Å²) in [5.41, 5.74) is 0. The van der Waals surface area contributed by atoms with Gasteiger partial charge in [0.1, 0.15) is 17.5 Å². The van der Waals surface area contributed by atoms with Gasteiger partial charge < -0.3 is 10.2 Å². The molecule has 0 aromatic carbocycles. The zero-order chi connectivity index (χ0) is 13.5. The second-order valence-corrected chi connectivity index (χ2v) is 4.98. The van der Waals surface area contributed by atoms with Crippen LogP contribution in [0.15, 0.2) is 6.07 Å². The first kappa shape index (κ1) is 14.7. The van der Waals surface area contributed by atoms with Gasteiger partial charge in [-0.3, -0.25) is 0 Å². The lowest BCUT2D eigenvalue weighted by atomic mass is 10.1. The van der Waals surface area contributed by atoms with Crippen molar-refractivity contribution in [3.63, 3.8) is 0 Å². The van der Waals surface area contributed by atoms with Gasteiger partial charge in [-0.2, -0.15) is 0 Å². The van der Waals surface area contributed by atoms with E-state index in [1.807, 2.05) is 13.0 Å². The SMILES string of the molecule is CCCNc1cc(N(C)CC(C)CC)nc(C)n1. The van der Waals surface area contributed by atoms with Crippen LogP contribution in [0.3, 0.4) is 0 Å². The molecule has 0 aliphatic rings. The van der Waals surface area contributed by atoms with Crippen LogP contribution in [0.4, 0.5) is 11.6 Å². The van der Waals surface area contributed by atoms with Crippen molar-refractivity contribution in [1.82, 2.24) is 9.97 Å². The molecule has 102 valence electrons. The summed E-state index contributed by atoms with van der Waals surface area (Å²) in [4.78, 5) is 11.1. The molecule has 1 N–H and O–H groups in total. The average Bonchev–Trinajstić information content (AvgIpc) is 2.35. The number of hydrogen-bond donors (Lipinski definition) is 1. The van der Waals surface area contributed by atoms with Crippen LogP contribution in [0, 0.1) is 12.8 Å². The number of rotatable bonds is 7. The van der Waals surface area contributed by atoms with Crippen molar-refractivity contribution in [1.29, 1.82) is 0 Å². The zero-order valence-corrected chi connectivity index (χ0v) is 12.3. The van der Waals surface area contributed by atoms with E-state index in [0.29, 0.717) is 5.92 Å². The highest BCUT2D eigenvalue weighted by atomic mass is 15.2. The number of anilines is 2. The summed E-state index contributed by atoms with van der Waals surface area (Å²) in [6.07, 6.45) is 2.29. The Balaban J connectivity index is 2.77. The van der Waals surface area contributed by atoms with E-state index in [1.165, 1.54) is 6.42 Å². The van der Waals surface area contributed by atoms with Gasteiger partial charge in [-0.05, 0) is 19.3 Å². The maximum absolute atomic E-state index is 4.50. The van der Waals surface area contributed by atoms with Crippen LogP contribution in [0.1, 0.15) is 39.4 Å². The minimum absolute atomic E-state index is 0.678. The van der Waals surface area contributed by atoms with E-state index >= 15 is 0 Å². The highest BCUT2D eigenvalue weighted by Gasteiger charge is 2.09.